The summed E-state index contributed by atoms with van der Waals surface area (Å²) in [6.45, 7) is 7.93. The van der Waals surface area contributed by atoms with Crippen LogP contribution in [-0.4, -0.2) is 30.8 Å². The van der Waals surface area contributed by atoms with Gasteiger partial charge in [0.25, 0.3) is 0 Å². The van der Waals surface area contributed by atoms with Crippen LogP contribution in [0.3, 0.4) is 0 Å². The Morgan fingerprint density at radius 3 is 1.75 bits per heavy atom. The highest BCUT2D eigenvalue weighted by molar-refractivity contribution is 6.05. The van der Waals surface area contributed by atoms with Gasteiger partial charge in [0.1, 0.15) is 0 Å². The van der Waals surface area contributed by atoms with Gasteiger partial charge < -0.3 is 4.90 Å². The third-order valence-electron chi connectivity index (χ3n) is 4.79. The molecule has 2 nitrogen and oxygen atoms in total. The molecule has 2 rings (SSSR count). The molecular weight excluding hydrogens is 294 g/mol. The van der Waals surface area contributed by atoms with Crippen molar-refractivity contribution in [2.75, 3.05) is 14.1 Å². The van der Waals surface area contributed by atoms with Gasteiger partial charge in [-0.1, -0.05) is 67.2 Å². The largest absolute Gasteiger partial charge is 0.307 e. The summed E-state index contributed by atoms with van der Waals surface area (Å²) < 4.78 is 0. The number of ketones is 1. The van der Waals surface area contributed by atoms with E-state index >= 15 is 0 Å². The third kappa shape index (κ3) is 3.49. The molecule has 0 spiro atoms. The Morgan fingerprint density at radius 1 is 1.00 bits per heavy atom. The molecule has 0 bridgehead atoms. The number of hydrogen-bond donors (Lipinski definition) is 0. The van der Waals surface area contributed by atoms with Crippen LogP contribution >= 0.6 is 0 Å². The van der Waals surface area contributed by atoms with Crippen molar-refractivity contribution in [2.45, 2.75) is 31.7 Å². The normalized spacial score (nSPS) is 12.9. The van der Waals surface area contributed by atoms with Gasteiger partial charge in [-0.05, 0) is 51.1 Å². The predicted molar refractivity (Wildman–Crippen MR) is 101 cm³/mol. The van der Waals surface area contributed by atoms with Gasteiger partial charge in [-0.2, -0.15) is 0 Å². The van der Waals surface area contributed by atoms with Crippen LogP contribution in [0.15, 0.2) is 72.8 Å². The summed E-state index contributed by atoms with van der Waals surface area (Å²) in [6, 6.07) is 20.4. The highest BCUT2D eigenvalue weighted by Crippen LogP contribution is 2.40. The van der Waals surface area contributed by atoms with E-state index in [1.54, 1.807) is 0 Å². The number of rotatable bonds is 7. The first-order chi connectivity index (χ1) is 11.4. The molecular formula is C22H27NO. The zero-order valence-electron chi connectivity index (χ0n) is 15.1. The first-order valence-corrected chi connectivity index (χ1v) is 8.37. The first-order valence-electron chi connectivity index (χ1n) is 8.37. The lowest BCUT2D eigenvalue weighted by Gasteiger charge is -2.38. The van der Waals surface area contributed by atoms with Crippen molar-refractivity contribution in [3.63, 3.8) is 0 Å². The van der Waals surface area contributed by atoms with E-state index < -0.39 is 5.41 Å². The summed E-state index contributed by atoms with van der Waals surface area (Å²) in [6.07, 6.45) is 0.708. The van der Waals surface area contributed by atoms with Crippen LogP contribution in [0, 0.1) is 0 Å². The van der Waals surface area contributed by atoms with Crippen molar-refractivity contribution in [2.24, 2.45) is 0 Å². The molecule has 2 aromatic carbocycles. The molecule has 0 aliphatic rings. The number of Topliss-reactive ketones (excluding diaryl/α,β-unsaturated/α-hetero) is 1. The van der Waals surface area contributed by atoms with Gasteiger partial charge in [0, 0.05) is 6.04 Å². The SMILES string of the molecule is C=C(C)C(=O)C(C[C@@H](C)N(C)C)(c1ccccc1)c1ccccc1. The van der Waals surface area contributed by atoms with Crippen LogP contribution in [0.2, 0.25) is 0 Å². The third-order valence-corrected chi connectivity index (χ3v) is 4.79. The second-order valence-corrected chi connectivity index (χ2v) is 6.76. The van der Waals surface area contributed by atoms with Crippen molar-refractivity contribution in [1.29, 1.82) is 0 Å². The quantitative estimate of drug-likeness (QED) is 0.702. The summed E-state index contributed by atoms with van der Waals surface area (Å²) >= 11 is 0. The average Bonchev–Trinajstić information content (AvgIpc) is 2.60. The molecule has 24 heavy (non-hydrogen) atoms. The summed E-state index contributed by atoms with van der Waals surface area (Å²) in [5, 5.41) is 0. The Balaban J connectivity index is 2.73. The zero-order chi connectivity index (χ0) is 17.7. The van der Waals surface area contributed by atoms with E-state index in [0.717, 1.165) is 11.1 Å². The Morgan fingerprint density at radius 2 is 1.42 bits per heavy atom. The summed E-state index contributed by atoms with van der Waals surface area (Å²) in [7, 11) is 4.10. The molecule has 0 saturated carbocycles. The molecule has 0 fully saturated rings. The molecule has 0 radical (unpaired) electrons. The molecule has 0 aliphatic carbocycles. The van der Waals surface area contributed by atoms with Crippen LogP contribution in [0.25, 0.3) is 0 Å². The molecule has 0 aliphatic heterocycles. The number of nitrogens with zero attached hydrogens (tertiary/aromatic N) is 1. The standard InChI is InChI=1S/C22H27NO/c1-17(2)21(24)22(16-18(3)23(4)5,19-12-8-6-9-13-19)20-14-10-7-11-15-20/h6-15,18H,1,16H2,2-5H3/t18-/m1/s1. The fourth-order valence-corrected chi connectivity index (χ4v) is 3.19. The minimum absolute atomic E-state index is 0.0913. The Bertz CT molecular complexity index is 649. The maximum Gasteiger partial charge on any atom is 0.172 e. The number of allylic oxidation sites excluding steroid dienone is 1. The Hall–Kier alpha value is -2.19. The monoisotopic (exact) mass is 321 g/mol. The highest BCUT2D eigenvalue weighted by atomic mass is 16.1. The van der Waals surface area contributed by atoms with Gasteiger partial charge in [-0.25, -0.2) is 0 Å². The minimum atomic E-state index is -0.710. The molecule has 2 aromatic rings. The van der Waals surface area contributed by atoms with Gasteiger partial charge in [0.15, 0.2) is 5.78 Å². The summed E-state index contributed by atoms with van der Waals surface area (Å²) in [5.41, 5.74) is 1.93. The zero-order valence-corrected chi connectivity index (χ0v) is 15.1. The van der Waals surface area contributed by atoms with Crippen LogP contribution in [0.5, 0.6) is 0 Å². The van der Waals surface area contributed by atoms with Crippen molar-refractivity contribution in [1.82, 2.24) is 4.90 Å². The molecule has 0 heterocycles. The Kier molecular flexibility index (Phi) is 5.74. The van der Waals surface area contributed by atoms with E-state index in [1.165, 1.54) is 0 Å². The second kappa shape index (κ2) is 7.59. The lowest BCUT2D eigenvalue weighted by Crippen LogP contribution is -2.43. The van der Waals surface area contributed by atoms with E-state index in [9.17, 15) is 4.79 Å². The fourth-order valence-electron chi connectivity index (χ4n) is 3.19. The maximum absolute atomic E-state index is 13.4. The molecule has 0 saturated heterocycles. The molecule has 0 N–H and O–H groups in total. The van der Waals surface area contributed by atoms with Gasteiger partial charge in [-0.15, -0.1) is 0 Å². The van der Waals surface area contributed by atoms with E-state index in [0.29, 0.717) is 12.0 Å². The van der Waals surface area contributed by atoms with Gasteiger partial charge in [-0.3, -0.25) is 4.79 Å². The fraction of sp³-hybridized carbons (Fsp3) is 0.318. The van der Waals surface area contributed by atoms with E-state index in [4.69, 9.17) is 0 Å². The van der Waals surface area contributed by atoms with Crippen molar-refractivity contribution < 1.29 is 4.79 Å². The molecule has 126 valence electrons. The highest BCUT2D eigenvalue weighted by Gasteiger charge is 2.43. The first kappa shape index (κ1) is 18.2. The minimum Gasteiger partial charge on any atom is -0.307 e. The Labute approximate surface area is 145 Å². The van der Waals surface area contributed by atoms with E-state index in [-0.39, 0.29) is 11.8 Å². The van der Waals surface area contributed by atoms with Crippen LogP contribution in [-0.2, 0) is 10.2 Å². The number of carbonyl (C=O) groups excluding carboxylic acids is 1. The second-order valence-electron chi connectivity index (χ2n) is 6.76. The predicted octanol–water partition coefficient (Wildman–Crippen LogP) is 4.46. The van der Waals surface area contributed by atoms with E-state index in [2.05, 4.69) is 56.8 Å². The van der Waals surface area contributed by atoms with Crippen LogP contribution < -0.4 is 0 Å². The topological polar surface area (TPSA) is 20.3 Å². The maximum atomic E-state index is 13.4. The number of hydrogen-bond acceptors (Lipinski definition) is 2. The van der Waals surface area contributed by atoms with Crippen molar-refractivity contribution in [3.05, 3.63) is 83.9 Å². The lowest BCUT2D eigenvalue weighted by atomic mass is 9.66. The molecule has 0 amide bonds. The van der Waals surface area contributed by atoms with Gasteiger partial charge in [0.05, 0.1) is 5.41 Å². The van der Waals surface area contributed by atoms with Crippen molar-refractivity contribution >= 4 is 5.78 Å². The summed E-state index contributed by atoms with van der Waals surface area (Å²) in [5.74, 6) is 0.0913. The van der Waals surface area contributed by atoms with Gasteiger partial charge >= 0.3 is 0 Å². The number of carbonyl (C=O) groups is 1. The lowest BCUT2D eigenvalue weighted by molar-refractivity contribution is -0.120. The van der Waals surface area contributed by atoms with Crippen LogP contribution in [0.4, 0.5) is 0 Å². The number of benzene rings is 2. The smallest absolute Gasteiger partial charge is 0.172 e. The average molecular weight is 321 g/mol. The van der Waals surface area contributed by atoms with Crippen molar-refractivity contribution in [3.8, 4) is 0 Å². The van der Waals surface area contributed by atoms with Gasteiger partial charge in [0.2, 0.25) is 0 Å². The van der Waals surface area contributed by atoms with E-state index in [1.807, 2.05) is 43.3 Å². The summed E-state index contributed by atoms with van der Waals surface area (Å²) in [4.78, 5) is 15.6. The molecule has 0 unspecified atom stereocenters. The molecule has 0 aromatic heterocycles. The molecule has 1 atom stereocenters. The van der Waals surface area contributed by atoms with Crippen LogP contribution in [0.1, 0.15) is 31.4 Å². The molecule has 2 heteroatoms.